The second kappa shape index (κ2) is 6.23. The topological polar surface area (TPSA) is 98.2 Å². The highest BCUT2D eigenvalue weighted by Gasteiger charge is 2.33. The first kappa shape index (κ1) is 15.9. The Hall–Kier alpha value is -2.02. The number of nitrogens with one attached hydrogen (secondary N) is 1. The van der Waals surface area contributed by atoms with Gasteiger partial charge >= 0.3 is 0 Å². The minimum atomic E-state index is -0.185. The Kier molecular flexibility index (Phi) is 4.30. The minimum Gasteiger partial charge on any atom is -0.349 e. The lowest BCUT2D eigenvalue weighted by atomic mass is 9.97. The molecule has 1 aliphatic carbocycles. The van der Waals surface area contributed by atoms with E-state index >= 15 is 0 Å². The molecule has 7 heteroatoms. The van der Waals surface area contributed by atoms with Crippen LogP contribution in [0.3, 0.4) is 0 Å². The van der Waals surface area contributed by atoms with Crippen LogP contribution in [-0.2, 0) is 11.2 Å². The van der Waals surface area contributed by atoms with Gasteiger partial charge in [0.1, 0.15) is 6.33 Å². The third-order valence-electron chi connectivity index (χ3n) is 4.95. The molecule has 0 saturated heterocycles. The molecule has 1 aliphatic rings. The van der Waals surface area contributed by atoms with E-state index in [-0.39, 0.29) is 11.4 Å². The summed E-state index contributed by atoms with van der Waals surface area (Å²) in [6.45, 7) is 4.46. The standard InChI is InChI=1S/C16H24N6O/c1-11-13(12(2)22-15(20-11)18-10-19-22)5-6-14(23)21-16(9-17)7-3-4-8-16/h10H,3-9,17H2,1-2H3,(H,21,23). The van der Waals surface area contributed by atoms with Crippen molar-refractivity contribution in [1.82, 2.24) is 24.9 Å². The third-order valence-corrected chi connectivity index (χ3v) is 4.95. The normalized spacial score (nSPS) is 16.8. The van der Waals surface area contributed by atoms with Crippen LogP contribution in [0.4, 0.5) is 0 Å². The van der Waals surface area contributed by atoms with Gasteiger partial charge in [-0.15, -0.1) is 0 Å². The lowest BCUT2D eigenvalue weighted by Gasteiger charge is -2.28. The van der Waals surface area contributed by atoms with Crippen LogP contribution in [0.1, 0.15) is 49.1 Å². The summed E-state index contributed by atoms with van der Waals surface area (Å²) >= 11 is 0. The Labute approximate surface area is 135 Å². The van der Waals surface area contributed by atoms with E-state index in [1.54, 1.807) is 4.52 Å². The summed E-state index contributed by atoms with van der Waals surface area (Å²) in [6, 6.07) is 0. The SMILES string of the molecule is Cc1nc2ncnn2c(C)c1CCC(=O)NC1(CN)CCCC1. The molecule has 23 heavy (non-hydrogen) atoms. The summed E-state index contributed by atoms with van der Waals surface area (Å²) in [6.07, 6.45) is 6.83. The van der Waals surface area contributed by atoms with Crippen LogP contribution < -0.4 is 11.1 Å². The Morgan fingerprint density at radius 1 is 1.39 bits per heavy atom. The highest BCUT2D eigenvalue weighted by molar-refractivity contribution is 5.77. The summed E-state index contributed by atoms with van der Waals surface area (Å²) in [7, 11) is 0. The molecule has 7 nitrogen and oxygen atoms in total. The molecule has 2 aromatic heterocycles. The molecule has 0 unspecified atom stereocenters. The number of rotatable bonds is 5. The van der Waals surface area contributed by atoms with Crippen molar-refractivity contribution in [3.63, 3.8) is 0 Å². The van der Waals surface area contributed by atoms with Gasteiger partial charge in [0.05, 0.1) is 5.54 Å². The van der Waals surface area contributed by atoms with Gasteiger partial charge in [-0.2, -0.15) is 10.1 Å². The number of fused-ring (bicyclic) bond motifs is 1. The molecule has 0 bridgehead atoms. The number of nitrogens with zero attached hydrogens (tertiary/aromatic N) is 4. The predicted molar refractivity (Wildman–Crippen MR) is 87.0 cm³/mol. The van der Waals surface area contributed by atoms with E-state index < -0.39 is 0 Å². The van der Waals surface area contributed by atoms with Gasteiger partial charge < -0.3 is 11.1 Å². The quantitative estimate of drug-likeness (QED) is 0.859. The van der Waals surface area contributed by atoms with Crippen molar-refractivity contribution in [1.29, 1.82) is 0 Å². The van der Waals surface area contributed by atoms with E-state index in [0.29, 0.717) is 25.2 Å². The van der Waals surface area contributed by atoms with Crippen molar-refractivity contribution < 1.29 is 4.79 Å². The van der Waals surface area contributed by atoms with E-state index in [2.05, 4.69) is 20.4 Å². The fraction of sp³-hybridized carbons (Fsp3) is 0.625. The molecule has 0 aromatic carbocycles. The lowest BCUT2D eigenvalue weighted by Crippen LogP contribution is -2.51. The molecule has 124 valence electrons. The van der Waals surface area contributed by atoms with Crippen LogP contribution >= 0.6 is 0 Å². The van der Waals surface area contributed by atoms with E-state index in [9.17, 15) is 4.79 Å². The third kappa shape index (κ3) is 3.06. The zero-order valence-corrected chi connectivity index (χ0v) is 13.8. The van der Waals surface area contributed by atoms with Crippen molar-refractivity contribution in [3.05, 3.63) is 23.3 Å². The Morgan fingerprint density at radius 2 is 2.13 bits per heavy atom. The molecule has 3 rings (SSSR count). The van der Waals surface area contributed by atoms with E-state index in [0.717, 1.165) is 42.6 Å². The van der Waals surface area contributed by atoms with Crippen LogP contribution in [0.2, 0.25) is 0 Å². The van der Waals surface area contributed by atoms with Crippen LogP contribution in [0.5, 0.6) is 0 Å². The predicted octanol–water partition coefficient (Wildman–Crippen LogP) is 1.06. The maximum absolute atomic E-state index is 12.4. The Bertz CT molecular complexity index is 717. The van der Waals surface area contributed by atoms with Crippen LogP contribution in [0.15, 0.2) is 6.33 Å². The highest BCUT2D eigenvalue weighted by atomic mass is 16.1. The molecular weight excluding hydrogens is 292 g/mol. The molecule has 0 radical (unpaired) electrons. The number of aryl methyl sites for hydroxylation is 2. The van der Waals surface area contributed by atoms with Gasteiger partial charge in [0, 0.05) is 24.4 Å². The largest absolute Gasteiger partial charge is 0.349 e. The van der Waals surface area contributed by atoms with Crippen LogP contribution in [0, 0.1) is 13.8 Å². The summed E-state index contributed by atoms with van der Waals surface area (Å²) in [5.41, 5.74) is 8.66. The molecular formula is C16H24N6O. The van der Waals surface area contributed by atoms with Gasteiger partial charge in [-0.05, 0) is 38.7 Å². The average molecular weight is 316 g/mol. The first-order valence-electron chi connectivity index (χ1n) is 8.21. The molecule has 0 atom stereocenters. The molecule has 0 aliphatic heterocycles. The maximum Gasteiger partial charge on any atom is 0.252 e. The number of nitrogens with two attached hydrogens (primary N) is 1. The van der Waals surface area contributed by atoms with Crippen LogP contribution in [0.25, 0.3) is 5.78 Å². The fourth-order valence-corrected chi connectivity index (χ4v) is 3.55. The Balaban J connectivity index is 1.69. The number of amides is 1. The van der Waals surface area contributed by atoms with Gasteiger partial charge in [-0.3, -0.25) is 4.79 Å². The van der Waals surface area contributed by atoms with Crippen molar-refractivity contribution >= 4 is 11.7 Å². The molecule has 1 saturated carbocycles. The second-order valence-electron chi connectivity index (χ2n) is 6.47. The van der Waals surface area contributed by atoms with Gasteiger partial charge in [0.2, 0.25) is 5.91 Å². The molecule has 2 heterocycles. The van der Waals surface area contributed by atoms with Gasteiger partial charge in [0.25, 0.3) is 5.78 Å². The summed E-state index contributed by atoms with van der Waals surface area (Å²) in [5, 5.41) is 7.34. The Morgan fingerprint density at radius 3 is 2.83 bits per heavy atom. The fourth-order valence-electron chi connectivity index (χ4n) is 3.55. The first-order chi connectivity index (χ1) is 11.0. The zero-order valence-electron chi connectivity index (χ0n) is 13.8. The number of hydrogen-bond donors (Lipinski definition) is 2. The van der Waals surface area contributed by atoms with Crippen molar-refractivity contribution in [2.45, 2.75) is 57.9 Å². The summed E-state index contributed by atoms with van der Waals surface area (Å²) < 4.78 is 1.72. The first-order valence-corrected chi connectivity index (χ1v) is 8.21. The van der Waals surface area contributed by atoms with Crippen molar-refractivity contribution in [3.8, 4) is 0 Å². The molecule has 3 N–H and O–H groups in total. The van der Waals surface area contributed by atoms with Gasteiger partial charge in [0.15, 0.2) is 0 Å². The maximum atomic E-state index is 12.4. The highest BCUT2D eigenvalue weighted by Crippen LogP contribution is 2.28. The number of carbonyl (C=O) groups is 1. The van der Waals surface area contributed by atoms with Gasteiger partial charge in [-0.1, -0.05) is 12.8 Å². The molecule has 1 fully saturated rings. The van der Waals surface area contributed by atoms with E-state index in [1.807, 2.05) is 13.8 Å². The summed E-state index contributed by atoms with van der Waals surface area (Å²) in [5.74, 6) is 0.663. The van der Waals surface area contributed by atoms with Crippen molar-refractivity contribution in [2.75, 3.05) is 6.54 Å². The number of aromatic nitrogens is 4. The number of carbonyl (C=O) groups excluding carboxylic acids is 1. The van der Waals surface area contributed by atoms with E-state index in [1.165, 1.54) is 6.33 Å². The minimum absolute atomic E-state index is 0.0647. The van der Waals surface area contributed by atoms with E-state index in [4.69, 9.17) is 5.73 Å². The average Bonchev–Trinajstić information content (AvgIpc) is 3.16. The zero-order chi connectivity index (χ0) is 16.4. The molecule has 0 spiro atoms. The molecule has 1 amide bonds. The number of hydrogen-bond acceptors (Lipinski definition) is 5. The molecule has 2 aromatic rings. The van der Waals surface area contributed by atoms with Crippen molar-refractivity contribution in [2.24, 2.45) is 5.73 Å². The van der Waals surface area contributed by atoms with Gasteiger partial charge in [-0.25, -0.2) is 9.50 Å². The summed E-state index contributed by atoms with van der Waals surface area (Å²) in [4.78, 5) is 20.9. The lowest BCUT2D eigenvalue weighted by molar-refractivity contribution is -0.122. The smallest absolute Gasteiger partial charge is 0.252 e. The second-order valence-corrected chi connectivity index (χ2v) is 6.47. The monoisotopic (exact) mass is 316 g/mol. The van der Waals surface area contributed by atoms with Crippen LogP contribution in [-0.4, -0.2) is 37.6 Å².